The zero-order valence-corrected chi connectivity index (χ0v) is 22.4. The minimum atomic E-state index is -0.0938. The van der Waals surface area contributed by atoms with Gasteiger partial charge in [0.15, 0.2) is 0 Å². The summed E-state index contributed by atoms with van der Waals surface area (Å²) in [6.07, 6.45) is 0. The lowest BCUT2D eigenvalue weighted by Crippen LogP contribution is -2.09. The molecule has 0 N–H and O–H groups in total. The van der Waals surface area contributed by atoms with Crippen LogP contribution in [-0.2, 0) is 0 Å². The topological polar surface area (TPSA) is 3.24 Å². The smallest absolute Gasteiger partial charge is 0.0645 e. The Morgan fingerprint density at radius 1 is 0.366 bits per heavy atom. The van der Waals surface area contributed by atoms with Crippen molar-refractivity contribution in [2.75, 3.05) is 4.90 Å². The Morgan fingerprint density at radius 2 is 0.927 bits per heavy atom. The molecule has 0 unspecified atom stereocenters. The van der Waals surface area contributed by atoms with Gasteiger partial charge in [-0.25, -0.2) is 0 Å². The molecule has 0 aromatic heterocycles. The second-order valence-corrected chi connectivity index (χ2v) is 9.88. The van der Waals surface area contributed by atoms with Crippen LogP contribution >= 0.6 is 0 Å². The third-order valence-electron chi connectivity index (χ3n) is 7.34. The molecule has 41 heavy (non-hydrogen) atoms. The molecule has 0 amide bonds. The zero-order chi connectivity index (χ0) is 30.9. The molecule has 0 saturated carbocycles. The van der Waals surface area contributed by atoms with Gasteiger partial charge in [-0.1, -0.05) is 139 Å². The zero-order valence-electron chi connectivity index (χ0n) is 26.4. The number of nitrogens with zero attached hydrogens (tertiary/aromatic N) is 1. The second-order valence-electron chi connectivity index (χ2n) is 9.88. The lowest BCUT2D eigenvalue weighted by Gasteiger charge is -2.26. The molecule has 1 nitrogen and oxygen atoms in total. The second kappa shape index (κ2) is 11.0. The van der Waals surface area contributed by atoms with Crippen LogP contribution in [0.15, 0.2) is 176 Å². The molecule has 0 spiro atoms. The van der Waals surface area contributed by atoms with E-state index in [4.69, 9.17) is 5.48 Å². The maximum Gasteiger partial charge on any atom is 0.0645 e. The fraction of sp³-hybridized carbons (Fsp3) is 0. The number of benzene rings is 7. The lowest BCUT2D eigenvalue weighted by molar-refractivity contribution is 1.28. The van der Waals surface area contributed by atoms with E-state index in [-0.39, 0.29) is 29.9 Å². The lowest BCUT2D eigenvalue weighted by atomic mass is 9.90. The van der Waals surface area contributed by atoms with Gasteiger partial charge < -0.3 is 4.90 Å². The van der Waals surface area contributed by atoms with E-state index >= 15 is 0 Å². The molecule has 0 aliphatic carbocycles. The van der Waals surface area contributed by atoms with Crippen LogP contribution in [0.5, 0.6) is 0 Å². The molecule has 0 aliphatic heterocycles. The molecular weight excluding hydrogens is 494 g/mol. The predicted octanol–water partition coefficient (Wildman–Crippen LogP) is 11.3. The van der Waals surface area contributed by atoms with E-state index in [1.807, 2.05) is 83.8 Å². The van der Waals surface area contributed by atoms with Crippen molar-refractivity contribution in [1.29, 1.82) is 0 Å². The predicted molar refractivity (Wildman–Crippen MR) is 175 cm³/mol. The first-order valence-electron chi connectivity index (χ1n) is 15.7. The largest absolute Gasteiger partial charge is 0.311 e. The molecule has 0 aliphatic rings. The first-order chi connectivity index (χ1) is 22.0. The number of hydrogen-bond donors (Lipinski definition) is 0. The summed E-state index contributed by atoms with van der Waals surface area (Å²) in [5.74, 6) is 0. The summed E-state index contributed by atoms with van der Waals surface area (Å²) in [7, 11) is 0. The molecule has 194 valence electrons. The van der Waals surface area contributed by atoms with E-state index in [1.54, 1.807) is 0 Å². The van der Waals surface area contributed by atoms with E-state index in [0.29, 0.717) is 11.1 Å². The highest BCUT2D eigenvalue weighted by Crippen LogP contribution is 2.40. The van der Waals surface area contributed by atoms with Gasteiger partial charge in [0.1, 0.15) is 0 Å². The Morgan fingerprint density at radius 3 is 1.61 bits per heavy atom. The van der Waals surface area contributed by atoms with Gasteiger partial charge in [-0.15, -0.1) is 0 Å². The molecule has 0 fully saturated rings. The molecule has 1 heteroatoms. The maximum absolute atomic E-state index is 9.10. The molecular formula is C40H29N. The van der Waals surface area contributed by atoms with Crippen molar-refractivity contribution in [3.05, 3.63) is 176 Å². The third-order valence-corrected chi connectivity index (χ3v) is 7.34. The maximum atomic E-state index is 9.10. The summed E-state index contributed by atoms with van der Waals surface area (Å²) in [6, 6.07) is 49.7. The standard InChI is InChI=1S/C40H29N/c1-4-12-30(13-5-1)31-20-25-36(26-21-31)41(35-17-8-3-9-18-35)37-27-22-33(23-28-37)39-29-24-32-14-10-11-19-38(32)40(39)34-15-6-2-7-16-34/h1-29H/i20D,21D,25D,26D. The van der Waals surface area contributed by atoms with Gasteiger partial charge in [-0.3, -0.25) is 0 Å². The van der Waals surface area contributed by atoms with Crippen LogP contribution in [0.25, 0.3) is 44.2 Å². The summed E-state index contributed by atoms with van der Waals surface area (Å²) in [5, 5.41) is 2.35. The van der Waals surface area contributed by atoms with E-state index in [9.17, 15) is 0 Å². The van der Waals surface area contributed by atoms with Gasteiger partial charge in [0.05, 0.1) is 5.48 Å². The van der Waals surface area contributed by atoms with Crippen molar-refractivity contribution in [2.24, 2.45) is 0 Å². The van der Waals surface area contributed by atoms with Crippen LogP contribution < -0.4 is 4.90 Å². The van der Waals surface area contributed by atoms with Crippen LogP contribution in [0.4, 0.5) is 17.1 Å². The summed E-state index contributed by atoms with van der Waals surface area (Å²) >= 11 is 0. The summed E-state index contributed by atoms with van der Waals surface area (Å²) < 4.78 is 36.1. The van der Waals surface area contributed by atoms with Crippen molar-refractivity contribution in [2.45, 2.75) is 0 Å². The summed E-state index contributed by atoms with van der Waals surface area (Å²) in [5.41, 5.74) is 7.08. The number of fused-ring (bicyclic) bond motifs is 1. The number of hydrogen-bond acceptors (Lipinski definition) is 1. The minimum absolute atomic E-state index is 0.0709. The first kappa shape index (κ1) is 20.5. The number of anilines is 3. The van der Waals surface area contributed by atoms with Gasteiger partial charge in [-0.2, -0.15) is 0 Å². The van der Waals surface area contributed by atoms with E-state index in [2.05, 4.69) is 72.8 Å². The van der Waals surface area contributed by atoms with Gasteiger partial charge in [-0.05, 0) is 80.5 Å². The normalized spacial score (nSPS) is 12.3. The highest BCUT2D eigenvalue weighted by Gasteiger charge is 2.15. The fourth-order valence-corrected chi connectivity index (χ4v) is 5.37. The SMILES string of the molecule is [2H]c1c([2H])c(N(c2ccccc2)c2ccc(-c3ccc4ccccc4c3-c3ccccc3)cc2)c([2H])c([2H])c1-c1ccccc1. The average molecular weight is 528 g/mol. The van der Waals surface area contributed by atoms with Crippen LogP contribution in [0, 0.1) is 0 Å². The monoisotopic (exact) mass is 527 g/mol. The fourth-order valence-electron chi connectivity index (χ4n) is 5.37. The minimum Gasteiger partial charge on any atom is -0.311 e. The first-order valence-corrected chi connectivity index (χ1v) is 13.7. The molecule has 0 heterocycles. The highest BCUT2D eigenvalue weighted by molar-refractivity contribution is 6.04. The highest BCUT2D eigenvalue weighted by atomic mass is 15.1. The van der Waals surface area contributed by atoms with Gasteiger partial charge >= 0.3 is 0 Å². The molecule has 0 radical (unpaired) electrons. The van der Waals surface area contributed by atoms with Crippen LogP contribution in [0.3, 0.4) is 0 Å². The van der Waals surface area contributed by atoms with Gasteiger partial charge in [0.25, 0.3) is 0 Å². The molecule has 0 bridgehead atoms. The average Bonchev–Trinajstić information content (AvgIpc) is 3.10. The van der Waals surface area contributed by atoms with E-state index in [1.165, 1.54) is 10.8 Å². The van der Waals surface area contributed by atoms with Crippen molar-refractivity contribution < 1.29 is 5.48 Å². The van der Waals surface area contributed by atoms with Crippen molar-refractivity contribution >= 4 is 27.8 Å². The Labute approximate surface area is 247 Å². The summed E-state index contributed by atoms with van der Waals surface area (Å²) in [4.78, 5) is 1.82. The van der Waals surface area contributed by atoms with Crippen LogP contribution in [0.2, 0.25) is 0 Å². The Hall–Kier alpha value is -5.40. The van der Waals surface area contributed by atoms with Crippen molar-refractivity contribution in [1.82, 2.24) is 0 Å². The molecule has 7 aromatic carbocycles. The number of rotatable bonds is 6. The third kappa shape index (κ3) is 4.90. The summed E-state index contributed by atoms with van der Waals surface area (Å²) in [6.45, 7) is 0. The Kier molecular flexibility index (Phi) is 5.50. The molecule has 0 atom stereocenters. The quantitative estimate of drug-likeness (QED) is 0.208. The Bertz CT molecular complexity index is 2100. The van der Waals surface area contributed by atoms with E-state index < -0.39 is 0 Å². The number of para-hydroxylation sites is 1. The van der Waals surface area contributed by atoms with Gasteiger partial charge in [0, 0.05) is 17.1 Å². The Balaban J connectivity index is 1.39. The molecule has 0 saturated heterocycles. The molecule has 7 aromatic rings. The van der Waals surface area contributed by atoms with Crippen LogP contribution in [0.1, 0.15) is 5.48 Å². The molecule has 7 rings (SSSR count). The van der Waals surface area contributed by atoms with Crippen molar-refractivity contribution in [3.63, 3.8) is 0 Å². The van der Waals surface area contributed by atoms with E-state index in [0.717, 1.165) is 33.6 Å². The van der Waals surface area contributed by atoms with Crippen LogP contribution in [-0.4, -0.2) is 0 Å². The van der Waals surface area contributed by atoms with Crippen molar-refractivity contribution in [3.8, 4) is 33.4 Å². The van der Waals surface area contributed by atoms with Gasteiger partial charge in [0.2, 0.25) is 0 Å².